The van der Waals surface area contributed by atoms with E-state index < -0.39 is 0 Å². The number of rotatable bonds is 8. The molecule has 0 radical (unpaired) electrons. The number of hydrogen-bond donors (Lipinski definition) is 1. The Morgan fingerprint density at radius 2 is 1.94 bits per heavy atom. The number of hydrogen-bond acceptors (Lipinski definition) is 3. The van der Waals surface area contributed by atoms with Crippen LogP contribution in [0.2, 0.25) is 0 Å². The number of thioether (sulfide) groups is 1. The van der Waals surface area contributed by atoms with Crippen LogP contribution < -0.4 is 10.1 Å². The van der Waals surface area contributed by atoms with Crippen molar-refractivity contribution in [2.75, 3.05) is 25.7 Å². The predicted molar refractivity (Wildman–Crippen MR) is 77.0 cm³/mol. The van der Waals surface area contributed by atoms with Crippen molar-refractivity contribution >= 4 is 11.8 Å². The van der Waals surface area contributed by atoms with Crippen molar-refractivity contribution in [1.82, 2.24) is 5.32 Å². The minimum Gasteiger partial charge on any atom is -0.497 e. The van der Waals surface area contributed by atoms with Crippen LogP contribution in [0.5, 0.6) is 5.75 Å². The normalized spacial score (nSPS) is 12.4. The van der Waals surface area contributed by atoms with Gasteiger partial charge in [0, 0.05) is 6.04 Å². The molecule has 0 aliphatic carbocycles. The SMILES string of the molecule is COc1ccc(C(C)NCCCCSC)cc1. The summed E-state index contributed by atoms with van der Waals surface area (Å²) < 4.78 is 5.15. The van der Waals surface area contributed by atoms with Crippen LogP contribution in [0.4, 0.5) is 0 Å². The van der Waals surface area contributed by atoms with Crippen molar-refractivity contribution in [1.29, 1.82) is 0 Å². The molecule has 1 rings (SSSR count). The van der Waals surface area contributed by atoms with Gasteiger partial charge in [-0.05, 0) is 56.0 Å². The van der Waals surface area contributed by atoms with Crippen molar-refractivity contribution in [3.8, 4) is 5.75 Å². The van der Waals surface area contributed by atoms with Gasteiger partial charge in [-0.15, -0.1) is 0 Å². The Morgan fingerprint density at radius 1 is 1.24 bits per heavy atom. The summed E-state index contributed by atoms with van der Waals surface area (Å²) in [6, 6.07) is 8.69. The molecule has 1 aromatic carbocycles. The highest BCUT2D eigenvalue weighted by molar-refractivity contribution is 7.98. The summed E-state index contributed by atoms with van der Waals surface area (Å²) in [5.74, 6) is 2.18. The lowest BCUT2D eigenvalue weighted by Crippen LogP contribution is -2.19. The summed E-state index contributed by atoms with van der Waals surface area (Å²) in [6.45, 7) is 3.30. The van der Waals surface area contributed by atoms with E-state index in [2.05, 4.69) is 30.6 Å². The Kier molecular flexibility index (Phi) is 7.13. The second-order valence-corrected chi connectivity index (χ2v) is 5.13. The van der Waals surface area contributed by atoms with E-state index in [1.165, 1.54) is 24.2 Å². The molecule has 96 valence electrons. The molecule has 0 bridgehead atoms. The van der Waals surface area contributed by atoms with Gasteiger partial charge in [-0.3, -0.25) is 0 Å². The molecule has 3 heteroatoms. The molecule has 0 saturated carbocycles. The third kappa shape index (κ3) is 5.46. The van der Waals surface area contributed by atoms with Gasteiger partial charge in [0.05, 0.1) is 7.11 Å². The van der Waals surface area contributed by atoms with Gasteiger partial charge in [0.25, 0.3) is 0 Å². The quantitative estimate of drug-likeness (QED) is 0.717. The molecular formula is C14H23NOS. The largest absolute Gasteiger partial charge is 0.497 e. The van der Waals surface area contributed by atoms with E-state index in [0.29, 0.717) is 6.04 Å². The van der Waals surface area contributed by atoms with Crippen LogP contribution in [0.1, 0.15) is 31.4 Å². The first-order chi connectivity index (χ1) is 8.27. The van der Waals surface area contributed by atoms with Crippen molar-refractivity contribution in [3.05, 3.63) is 29.8 Å². The van der Waals surface area contributed by atoms with Crippen molar-refractivity contribution in [2.45, 2.75) is 25.8 Å². The van der Waals surface area contributed by atoms with E-state index in [1.54, 1.807) is 7.11 Å². The number of ether oxygens (including phenoxy) is 1. The van der Waals surface area contributed by atoms with Crippen molar-refractivity contribution in [3.63, 3.8) is 0 Å². The number of nitrogens with one attached hydrogen (secondary N) is 1. The smallest absolute Gasteiger partial charge is 0.118 e. The highest BCUT2D eigenvalue weighted by Crippen LogP contribution is 2.17. The summed E-state index contributed by atoms with van der Waals surface area (Å²) in [5, 5.41) is 3.55. The molecule has 0 aromatic heterocycles. The fourth-order valence-electron chi connectivity index (χ4n) is 1.70. The van der Waals surface area contributed by atoms with Gasteiger partial charge in [0.15, 0.2) is 0 Å². The zero-order valence-electron chi connectivity index (χ0n) is 11.0. The van der Waals surface area contributed by atoms with Crippen LogP contribution in [0, 0.1) is 0 Å². The topological polar surface area (TPSA) is 21.3 Å². The van der Waals surface area contributed by atoms with E-state index in [0.717, 1.165) is 12.3 Å². The Bertz CT molecular complexity index is 300. The molecule has 1 atom stereocenters. The van der Waals surface area contributed by atoms with Gasteiger partial charge in [0.1, 0.15) is 5.75 Å². The van der Waals surface area contributed by atoms with Gasteiger partial charge in [-0.2, -0.15) is 11.8 Å². The van der Waals surface area contributed by atoms with Crippen LogP contribution in [0.15, 0.2) is 24.3 Å². The van der Waals surface area contributed by atoms with Crippen LogP contribution >= 0.6 is 11.8 Å². The molecule has 0 heterocycles. The first-order valence-corrected chi connectivity index (χ1v) is 7.53. The number of unbranched alkanes of at least 4 members (excludes halogenated alkanes) is 1. The minimum atomic E-state index is 0.412. The second-order valence-electron chi connectivity index (χ2n) is 4.15. The lowest BCUT2D eigenvalue weighted by atomic mass is 10.1. The Labute approximate surface area is 109 Å². The van der Waals surface area contributed by atoms with Crippen LogP contribution in [-0.4, -0.2) is 25.7 Å². The van der Waals surface area contributed by atoms with E-state index in [4.69, 9.17) is 4.74 Å². The fraction of sp³-hybridized carbons (Fsp3) is 0.571. The first-order valence-electron chi connectivity index (χ1n) is 6.14. The molecule has 0 amide bonds. The molecule has 1 N–H and O–H groups in total. The Morgan fingerprint density at radius 3 is 2.53 bits per heavy atom. The monoisotopic (exact) mass is 253 g/mol. The third-order valence-corrected chi connectivity index (χ3v) is 3.54. The van der Waals surface area contributed by atoms with Gasteiger partial charge in [0.2, 0.25) is 0 Å². The van der Waals surface area contributed by atoms with E-state index in [1.807, 2.05) is 23.9 Å². The van der Waals surface area contributed by atoms with Gasteiger partial charge in [-0.1, -0.05) is 12.1 Å². The van der Waals surface area contributed by atoms with Crippen LogP contribution in [-0.2, 0) is 0 Å². The van der Waals surface area contributed by atoms with Gasteiger partial charge in [-0.25, -0.2) is 0 Å². The zero-order chi connectivity index (χ0) is 12.5. The average molecular weight is 253 g/mol. The molecule has 0 fully saturated rings. The molecule has 2 nitrogen and oxygen atoms in total. The molecule has 0 saturated heterocycles. The average Bonchev–Trinajstić information content (AvgIpc) is 2.38. The molecular weight excluding hydrogens is 230 g/mol. The molecule has 0 aliphatic heterocycles. The van der Waals surface area contributed by atoms with E-state index in [-0.39, 0.29) is 0 Å². The maximum atomic E-state index is 5.15. The maximum absolute atomic E-state index is 5.15. The molecule has 1 unspecified atom stereocenters. The van der Waals surface area contributed by atoms with Crippen LogP contribution in [0.3, 0.4) is 0 Å². The summed E-state index contributed by atoms with van der Waals surface area (Å²) >= 11 is 1.92. The summed E-state index contributed by atoms with van der Waals surface area (Å²) in [6.07, 6.45) is 4.71. The second kappa shape index (κ2) is 8.43. The lowest BCUT2D eigenvalue weighted by molar-refractivity contribution is 0.414. The van der Waals surface area contributed by atoms with Crippen molar-refractivity contribution in [2.24, 2.45) is 0 Å². The van der Waals surface area contributed by atoms with Gasteiger partial charge < -0.3 is 10.1 Å². The lowest BCUT2D eigenvalue weighted by Gasteiger charge is -2.14. The highest BCUT2D eigenvalue weighted by atomic mass is 32.2. The zero-order valence-corrected chi connectivity index (χ0v) is 11.8. The predicted octanol–water partition coefficient (Wildman–Crippen LogP) is 3.49. The van der Waals surface area contributed by atoms with Crippen LogP contribution in [0.25, 0.3) is 0 Å². The maximum Gasteiger partial charge on any atom is 0.118 e. The number of benzene rings is 1. The standard InChI is InChI=1S/C14H23NOS/c1-12(15-10-4-5-11-17-3)13-6-8-14(16-2)9-7-13/h6-9,12,15H,4-5,10-11H2,1-3H3. The summed E-state index contributed by atoms with van der Waals surface area (Å²) in [7, 11) is 1.70. The Balaban J connectivity index is 2.28. The summed E-state index contributed by atoms with van der Waals surface area (Å²) in [5.41, 5.74) is 1.32. The molecule has 1 aromatic rings. The Hall–Kier alpha value is -0.670. The molecule has 0 aliphatic rings. The minimum absolute atomic E-state index is 0.412. The molecule has 17 heavy (non-hydrogen) atoms. The highest BCUT2D eigenvalue weighted by Gasteiger charge is 2.03. The number of methoxy groups -OCH3 is 1. The fourth-order valence-corrected chi connectivity index (χ4v) is 2.19. The van der Waals surface area contributed by atoms with Gasteiger partial charge >= 0.3 is 0 Å². The van der Waals surface area contributed by atoms with E-state index >= 15 is 0 Å². The van der Waals surface area contributed by atoms with E-state index in [9.17, 15) is 0 Å². The van der Waals surface area contributed by atoms with Crippen molar-refractivity contribution < 1.29 is 4.74 Å². The molecule has 0 spiro atoms. The third-order valence-electron chi connectivity index (χ3n) is 2.84. The summed E-state index contributed by atoms with van der Waals surface area (Å²) in [4.78, 5) is 0. The first kappa shape index (κ1) is 14.4.